The number of nitrogens with zero attached hydrogens (tertiary/aromatic N) is 3. The van der Waals surface area contributed by atoms with Gasteiger partial charge >= 0.3 is 0 Å². The lowest BCUT2D eigenvalue weighted by molar-refractivity contribution is 0.0985. The Balaban J connectivity index is 1.34. The van der Waals surface area contributed by atoms with Crippen molar-refractivity contribution in [3.05, 3.63) is 70.6 Å². The molecule has 1 amide bonds. The van der Waals surface area contributed by atoms with E-state index in [-0.39, 0.29) is 5.91 Å². The highest BCUT2D eigenvalue weighted by Crippen LogP contribution is 2.36. The number of likely N-dealkylation sites (N-methyl/N-ethyl adjacent to an activating group) is 1. The van der Waals surface area contributed by atoms with Gasteiger partial charge in [-0.25, -0.2) is 0 Å². The lowest BCUT2D eigenvalue weighted by atomic mass is 10.0. The molecule has 0 unspecified atom stereocenters. The average molecular weight is 432 g/mol. The monoisotopic (exact) mass is 431 g/mol. The van der Waals surface area contributed by atoms with Crippen LogP contribution in [0.4, 0.5) is 11.4 Å². The number of carbonyl (C=O) groups excluding carboxylic acids is 1. The van der Waals surface area contributed by atoms with Crippen molar-refractivity contribution in [3.8, 4) is 10.4 Å². The van der Waals surface area contributed by atoms with E-state index in [0.717, 1.165) is 36.6 Å². The Bertz CT molecular complexity index is 1080. The van der Waals surface area contributed by atoms with Crippen LogP contribution in [0, 0.1) is 6.92 Å². The predicted molar refractivity (Wildman–Crippen MR) is 131 cm³/mol. The van der Waals surface area contributed by atoms with Gasteiger partial charge in [0, 0.05) is 41.9 Å². The summed E-state index contributed by atoms with van der Waals surface area (Å²) >= 11 is 1.62. The van der Waals surface area contributed by atoms with Gasteiger partial charge < -0.3 is 14.7 Å². The molecule has 1 fully saturated rings. The van der Waals surface area contributed by atoms with Crippen molar-refractivity contribution in [1.29, 1.82) is 0 Å². The Morgan fingerprint density at radius 2 is 1.68 bits per heavy atom. The molecule has 5 heteroatoms. The SMILES string of the molecule is Cc1ccc(-c2cc3c(s2)C(=O)N(c2ccc(N4CC[C@@H](N(C)C)C4)cc2)CC3)cc1. The molecule has 0 saturated carbocycles. The number of aryl methyl sites for hydroxylation is 1. The molecule has 2 aliphatic rings. The number of anilines is 2. The summed E-state index contributed by atoms with van der Waals surface area (Å²) in [4.78, 5) is 22.1. The second-order valence-electron chi connectivity index (χ2n) is 8.91. The van der Waals surface area contributed by atoms with Crippen LogP contribution in [0.3, 0.4) is 0 Å². The molecule has 0 aliphatic carbocycles. The van der Waals surface area contributed by atoms with Gasteiger partial charge in [0.15, 0.2) is 0 Å². The van der Waals surface area contributed by atoms with Crippen LogP contribution in [-0.2, 0) is 6.42 Å². The standard InChI is InChI=1S/C26H29N3OS/c1-18-4-6-19(7-5-18)24-16-20-12-15-29(26(30)25(20)31-24)22-10-8-21(9-11-22)28-14-13-23(17-28)27(2)3/h4-11,16,23H,12-15,17H2,1-3H3/t23-/m1/s1. The van der Waals surface area contributed by atoms with Gasteiger partial charge in [0.25, 0.3) is 5.91 Å². The summed E-state index contributed by atoms with van der Waals surface area (Å²) in [6, 6.07) is 19.9. The van der Waals surface area contributed by atoms with E-state index >= 15 is 0 Å². The topological polar surface area (TPSA) is 26.8 Å². The molecular formula is C26H29N3OS. The third-order valence-corrected chi connectivity index (χ3v) is 7.82. The van der Waals surface area contributed by atoms with Gasteiger partial charge in [0.05, 0.1) is 4.88 Å². The molecule has 31 heavy (non-hydrogen) atoms. The maximum absolute atomic E-state index is 13.3. The molecule has 1 aromatic heterocycles. The van der Waals surface area contributed by atoms with Gasteiger partial charge in [0.2, 0.25) is 0 Å². The van der Waals surface area contributed by atoms with Crippen molar-refractivity contribution in [1.82, 2.24) is 4.90 Å². The van der Waals surface area contributed by atoms with Crippen LogP contribution in [0.25, 0.3) is 10.4 Å². The van der Waals surface area contributed by atoms with Crippen LogP contribution >= 0.6 is 11.3 Å². The van der Waals surface area contributed by atoms with Crippen molar-refractivity contribution >= 4 is 28.6 Å². The highest BCUT2D eigenvalue weighted by atomic mass is 32.1. The van der Waals surface area contributed by atoms with Gasteiger partial charge in [-0.2, -0.15) is 0 Å². The van der Waals surface area contributed by atoms with E-state index in [1.54, 1.807) is 11.3 Å². The first-order chi connectivity index (χ1) is 15.0. The van der Waals surface area contributed by atoms with Crippen LogP contribution in [0.5, 0.6) is 0 Å². The third kappa shape index (κ3) is 3.88. The fourth-order valence-corrected chi connectivity index (χ4v) is 5.76. The molecule has 2 aliphatic heterocycles. The summed E-state index contributed by atoms with van der Waals surface area (Å²) in [5.41, 5.74) is 5.87. The Morgan fingerprint density at radius 1 is 0.968 bits per heavy atom. The van der Waals surface area contributed by atoms with Gasteiger partial charge in [-0.05, 0) is 75.3 Å². The highest BCUT2D eigenvalue weighted by molar-refractivity contribution is 7.17. The van der Waals surface area contributed by atoms with E-state index in [4.69, 9.17) is 0 Å². The van der Waals surface area contributed by atoms with Crippen LogP contribution in [0.15, 0.2) is 54.6 Å². The van der Waals surface area contributed by atoms with Gasteiger partial charge in [-0.15, -0.1) is 11.3 Å². The number of benzene rings is 2. The molecule has 3 heterocycles. The molecule has 5 rings (SSSR count). The second-order valence-corrected chi connectivity index (χ2v) is 9.96. The van der Waals surface area contributed by atoms with Crippen molar-refractivity contribution < 1.29 is 4.79 Å². The Hall–Kier alpha value is -2.63. The quantitative estimate of drug-likeness (QED) is 0.577. The van der Waals surface area contributed by atoms with E-state index in [0.29, 0.717) is 6.04 Å². The van der Waals surface area contributed by atoms with Gasteiger partial charge in [-0.3, -0.25) is 4.79 Å². The molecular weight excluding hydrogens is 402 g/mol. The van der Waals surface area contributed by atoms with Crippen molar-refractivity contribution in [2.75, 3.05) is 43.5 Å². The minimum atomic E-state index is 0.131. The van der Waals surface area contributed by atoms with Gasteiger partial charge in [0.1, 0.15) is 0 Å². The normalized spacial score (nSPS) is 18.7. The Morgan fingerprint density at radius 3 is 2.35 bits per heavy atom. The molecule has 0 N–H and O–H groups in total. The second kappa shape index (κ2) is 8.13. The van der Waals surface area contributed by atoms with Crippen molar-refractivity contribution in [3.63, 3.8) is 0 Å². The number of fused-ring (bicyclic) bond motifs is 1. The summed E-state index contributed by atoms with van der Waals surface area (Å²) in [7, 11) is 4.31. The van der Waals surface area contributed by atoms with E-state index in [2.05, 4.69) is 85.4 Å². The molecule has 0 bridgehead atoms. The first-order valence-corrected chi connectivity index (χ1v) is 11.8. The largest absolute Gasteiger partial charge is 0.370 e. The minimum absolute atomic E-state index is 0.131. The number of carbonyl (C=O) groups is 1. The zero-order chi connectivity index (χ0) is 21.5. The maximum Gasteiger partial charge on any atom is 0.268 e. The Labute approximate surface area is 188 Å². The van der Waals surface area contributed by atoms with Crippen LogP contribution in [-0.4, -0.2) is 50.6 Å². The summed E-state index contributed by atoms with van der Waals surface area (Å²) in [6.07, 6.45) is 2.10. The third-order valence-electron chi connectivity index (χ3n) is 6.61. The highest BCUT2D eigenvalue weighted by Gasteiger charge is 2.29. The summed E-state index contributed by atoms with van der Waals surface area (Å²) in [5.74, 6) is 0.131. The van der Waals surface area contributed by atoms with E-state index < -0.39 is 0 Å². The fourth-order valence-electron chi connectivity index (χ4n) is 4.60. The summed E-state index contributed by atoms with van der Waals surface area (Å²) in [6.45, 7) is 4.99. The fraction of sp³-hybridized carbons (Fsp3) is 0.346. The lowest BCUT2D eigenvalue weighted by Crippen LogP contribution is -2.36. The minimum Gasteiger partial charge on any atom is -0.370 e. The first kappa shape index (κ1) is 20.3. The Kier molecular flexibility index (Phi) is 5.32. The molecule has 1 saturated heterocycles. The first-order valence-electron chi connectivity index (χ1n) is 11.0. The zero-order valence-corrected chi connectivity index (χ0v) is 19.3. The number of amides is 1. The maximum atomic E-state index is 13.3. The van der Waals surface area contributed by atoms with E-state index in [9.17, 15) is 4.79 Å². The van der Waals surface area contributed by atoms with Crippen molar-refractivity contribution in [2.45, 2.75) is 25.8 Å². The molecule has 2 aromatic carbocycles. The molecule has 3 aromatic rings. The van der Waals surface area contributed by atoms with Crippen LogP contribution in [0.1, 0.15) is 27.2 Å². The number of hydrogen-bond acceptors (Lipinski definition) is 4. The molecule has 0 radical (unpaired) electrons. The van der Waals surface area contributed by atoms with E-state index in [1.165, 1.54) is 33.7 Å². The average Bonchev–Trinajstić information content (AvgIpc) is 3.43. The molecule has 160 valence electrons. The number of rotatable bonds is 4. The zero-order valence-electron chi connectivity index (χ0n) is 18.5. The van der Waals surface area contributed by atoms with Crippen LogP contribution in [0.2, 0.25) is 0 Å². The molecule has 4 nitrogen and oxygen atoms in total. The lowest BCUT2D eigenvalue weighted by Gasteiger charge is -2.27. The number of hydrogen-bond donors (Lipinski definition) is 0. The summed E-state index contributed by atoms with van der Waals surface area (Å²) in [5, 5.41) is 0. The van der Waals surface area contributed by atoms with Crippen molar-refractivity contribution in [2.24, 2.45) is 0 Å². The smallest absolute Gasteiger partial charge is 0.268 e. The van der Waals surface area contributed by atoms with Crippen LogP contribution < -0.4 is 9.80 Å². The predicted octanol–water partition coefficient (Wildman–Crippen LogP) is 5.07. The summed E-state index contributed by atoms with van der Waals surface area (Å²) < 4.78 is 0. The molecule has 0 spiro atoms. The number of thiophene rings is 1. The van der Waals surface area contributed by atoms with Gasteiger partial charge in [-0.1, -0.05) is 29.8 Å². The van der Waals surface area contributed by atoms with E-state index in [1.807, 2.05) is 4.90 Å². The molecule has 1 atom stereocenters.